The normalized spacial score (nSPS) is 9.21. The number of aromatic nitrogens is 2. The van der Waals surface area contributed by atoms with Gasteiger partial charge in [-0.25, -0.2) is 9.97 Å². The number of nitrogen functional groups attached to an aromatic ring is 2. The third-order valence-corrected chi connectivity index (χ3v) is 2.23. The molecule has 0 bridgehead atoms. The third-order valence-electron chi connectivity index (χ3n) is 1.38. The maximum Gasteiger partial charge on any atom is 0.191 e. The molecule has 74 valence electrons. The molecule has 5 heteroatoms. The van der Waals surface area contributed by atoms with E-state index >= 15 is 0 Å². The molecule has 0 saturated carbocycles. The number of nitrogens with zero attached hydrogens (tertiary/aromatic N) is 2. The molecule has 0 amide bonds. The Labute approximate surface area is 87.5 Å². The average Bonchev–Trinajstić information content (AvgIpc) is 2.11. The Morgan fingerprint density at radius 2 is 2.00 bits per heavy atom. The van der Waals surface area contributed by atoms with E-state index in [1.807, 2.05) is 6.92 Å². The fraction of sp³-hybridized carbons (Fsp3) is 0.333. The zero-order valence-corrected chi connectivity index (χ0v) is 8.77. The van der Waals surface area contributed by atoms with Crippen LogP contribution in [0.1, 0.15) is 13.3 Å². The number of nitrogens with two attached hydrogens (primary N) is 2. The van der Waals surface area contributed by atoms with E-state index in [0.717, 1.165) is 12.2 Å². The zero-order chi connectivity index (χ0) is 10.4. The maximum absolute atomic E-state index is 5.52. The summed E-state index contributed by atoms with van der Waals surface area (Å²) >= 11 is 1.50. The standard InChI is InChI=1S/C9H12N4S/c1-2-3-4-5-14-9-12-7(10)6-8(11)13-9/h6H,4-5H2,1H3,(H4,10,11,12,13). The molecule has 0 aliphatic heterocycles. The molecule has 0 saturated heterocycles. The molecule has 0 fully saturated rings. The predicted molar refractivity (Wildman–Crippen MR) is 59.6 cm³/mol. The molecule has 4 nitrogen and oxygen atoms in total. The van der Waals surface area contributed by atoms with E-state index in [1.165, 1.54) is 17.8 Å². The summed E-state index contributed by atoms with van der Waals surface area (Å²) in [6, 6.07) is 1.54. The van der Waals surface area contributed by atoms with Crippen LogP contribution in [0, 0.1) is 11.8 Å². The van der Waals surface area contributed by atoms with E-state index in [0.29, 0.717) is 16.8 Å². The summed E-state index contributed by atoms with van der Waals surface area (Å²) in [5, 5.41) is 0.611. The highest BCUT2D eigenvalue weighted by molar-refractivity contribution is 7.99. The minimum absolute atomic E-state index is 0.404. The molecular formula is C9H12N4S. The fourth-order valence-corrected chi connectivity index (χ4v) is 1.57. The maximum atomic E-state index is 5.52. The lowest BCUT2D eigenvalue weighted by Gasteiger charge is -2.00. The van der Waals surface area contributed by atoms with Crippen LogP contribution in [0.4, 0.5) is 11.6 Å². The first-order valence-electron chi connectivity index (χ1n) is 4.15. The van der Waals surface area contributed by atoms with Gasteiger partial charge in [-0.1, -0.05) is 11.8 Å². The van der Waals surface area contributed by atoms with Gasteiger partial charge in [0.15, 0.2) is 5.16 Å². The van der Waals surface area contributed by atoms with Crippen molar-refractivity contribution in [2.24, 2.45) is 0 Å². The van der Waals surface area contributed by atoms with Gasteiger partial charge in [-0.05, 0) is 6.92 Å². The van der Waals surface area contributed by atoms with Crippen LogP contribution in [0.25, 0.3) is 0 Å². The second-order valence-electron chi connectivity index (χ2n) is 2.53. The van der Waals surface area contributed by atoms with E-state index in [1.54, 1.807) is 0 Å². The van der Waals surface area contributed by atoms with Crippen molar-refractivity contribution in [3.63, 3.8) is 0 Å². The van der Waals surface area contributed by atoms with E-state index in [9.17, 15) is 0 Å². The van der Waals surface area contributed by atoms with Crippen molar-refractivity contribution in [2.75, 3.05) is 17.2 Å². The van der Waals surface area contributed by atoms with Crippen LogP contribution in [-0.2, 0) is 0 Å². The van der Waals surface area contributed by atoms with Crippen LogP contribution < -0.4 is 11.5 Å². The summed E-state index contributed by atoms with van der Waals surface area (Å²) in [5.41, 5.74) is 11.0. The number of hydrogen-bond acceptors (Lipinski definition) is 5. The predicted octanol–water partition coefficient (Wildman–Crippen LogP) is 1.15. The van der Waals surface area contributed by atoms with Crippen molar-refractivity contribution < 1.29 is 0 Å². The van der Waals surface area contributed by atoms with E-state index in [-0.39, 0.29) is 0 Å². The topological polar surface area (TPSA) is 77.8 Å². The van der Waals surface area contributed by atoms with E-state index < -0.39 is 0 Å². The summed E-state index contributed by atoms with van der Waals surface area (Å²) in [5.74, 6) is 7.44. The molecule has 4 N–H and O–H groups in total. The Morgan fingerprint density at radius 1 is 1.36 bits per heavy atom. The van der Waals surface area contributed by atoms with Gasteiger partial charge in [0.05, 0.1) is 0 Å². The summed E-state index contributed by atoms with van der Waals surface area (Å²) in [6.07, 6.45) is 0.819. The quantitative estimate of drug-likeness (QED) is 0.337. The van der Waals surface area contributed by atoms with Crippen LogP contribution in [0.3, 0.4) is 0 Å². The molecule has 0 radical (unpaired) electrons. The Balaban J connectivity index is 2.53. The second kappa shape index (κ2) is 5.35. The highest BCUT2D eigenvalue weighted by Gasteiger charge is 1.99. The van der Waals surface area contributed by atoms with Gasteiger partial charge in [0.2, 0.25) is 0 Å². The van der Waals surface area contributed by atoms with Gasteiger partial charge in [0, 0.05) is 18.2 Å². The first kappa shape index (κ1) is 10.7. The molecule has 14 heavy (non-hydrogen) atoms. The van der Waals surface area contributed by atoms with Crippen LogP contribution in [0.5, 0.6) is 0 Å². The number of thioether (sulfide) groups is 1. The molecule has 0 aliphatic rings. The molecule has 1 aromatic rings. The number of rotatable bonds is 3. The van der Waals surface area contributed by atoms with Gasteiger partial charge < -0.3 is 11.5 Å². The Bertz CT molecular complexity index is 347. The van der Waals surface area contributed by atoms with Crippen molar-refractivity contribution in [1.29, 1.82) is 0 Å². The fourth-order valence-electron chi connectivity index (χ4n) is 0.845. The van der Waals surface area contributed by atoms with Gasteiger partial charge in [-0.3, -0.25) is 0 Å². The highest BCUT2D eigenvalue weighted by Crippen LogP contribution is 2.16. The van der Waals surface area contributed by atoms with Crippen molar-refractivity contribution >= 4 is 23.4 Å². The van der Waals surface area contributed by atoms with Gasteiger partial charge in [-0.15, -0.1) is 11.8 Å². The van der Waals surface area contributed by atoms with Gasteiger partial charge >= 0.3 is 0 Å². The van der Waals surface area contributed by atoms with Crippen molar-refractivity contribution in [1.82, 2.24) is 9.97 Å². The highest BCUT2D eigenvalue weighted by atomic mass is 32.2. The Kier molecular flexibility index (Phi) is 4.08. The summed E-state index contributed by atoms with van der Waals surface area (Å²) < 4.78 is 0. The minimum Gasteiger partial charge on any atom is -0.383 e. The summed E-state index contributed by atoms with van der Waals surface area (Å²) in [7, 11) is 0. The summed E-state index contributed by atoms with van der Waals surface area (Å²) in [6.45, 7) is 1.82. The second-order valence-corrected chi connectivity index (χ2v) is 3.59. The van der Waals surface area contributed by atoms with Gasteiger partial charge in [0.25, 0.3) is 0 Å². The van der Waals surface area contributed by atoms with E-state index in [4.69, 9.17) is 11.5 Å². The molecule has 0 aliphatic carbocycles. The van der Waals surface area contributed by atoms with Gasteiger partial charge in [-0.2, -0.15) is 0 Å². The average molecular weight is 208 g/mol. The van der Waals surface area contributed by atoms with Crippen molar-refractivity contribution in [3.05, 3.63) is 6.07 Å². The summed E-state index contributed by atoms with van der Waals surface area (Å²) in [4.78, 5) is 8.07. The first-order chi connectivity index (χ1) is 6.72. The molecule has 1 rings (SSSR count). The first-order valence-corrected chi connectivity index (χ1v) is 5.13. The largest absolute Gasteiger partial charge is 0.383 e. The molecular weight excluding hydrogens is 196 g/mol. The van der Waals surface area contributed by atoms with Gasteiger partial charge in [0.1, 0.15) is 11.6 Å². The van der Waals surface area contributed by atoms with Crippen LogP contribution in [0.2, 0.25) is 0 Å². The third kappa shape index (κ3) is 3.54. The molecule has 0 aromatic carbocycles. The minimum atomic E-state index is 0.404. The lowest BCUT2D eigenvalue weighted by atomic mass is 10.5. The molecule has 1 heterocycles. The van der Waals surface area contributed by atoms with Crippen molar-refractivity contribution in [3.8, 4) is 11.8 Å². The Hall–Kier alpha value is -1.41. The van der Waals surface area contributed by atoms with Crippen molar-refractivity contribution in [2.45, 2.75) is 18.5 Å². The Morgan fingerprint density at radius 3 is 2.57 bits per heavy atom. The lowest BCUT2D eigenvalue weighted by molar-refractivity contribution is 0.983. The lowest BCUT2D eigenvalue weighted by Crippen LogP contribution is -1.99. The van der Waals surface area contributed by atoms with E-state index in [2.05, 4.69) is 21.8 Å². The number of hydrogen-bond donors (Lipinski definition) is 2. The molecule has 0 atom stereocenters. The smallest absolute Gasteiger partial charge is 0.191 e. The monoisotopic (exact) mass is 208 g/mol. The van der Waals surface area contributed by atoms with Crippen LogP contribution >= 0.6 is 11.8 Å². The molecule has 0 unspecified atom stereocenters. The zero-order valence-electron chi connectivity index (χ0n) is 7.95. The SMILES string of the molecule is CC#CCCSc1nc(N)cc(N)n1. The van der Waals surface area contributed by atoms with Crippen LogP contribution in [-0.4, -0.2) is 15.7 Å². The molecule has 1 aromatic heterocycles. The van der Waals surface area contributed by atoms with Crippen LogP contribution in [0.15, 0.2) is 11.2 Å². The number of anilines is 2. The molecule has 0 spiro atoms.